The maximum Gasteiger partial charge on any atom is 0.252 e. The molecule has 3 rings (SSSR count). The van der Waals surface area contributed by atoms with E-state index >= 15 is 0 Å². The van der Waals surface area contributed by atoms with Crippen LogP contribution in [0.5, 0.6) is 11.5 Å². The minimum Gasteiger partial charge on any atom is -0.493 e. The molecule has 28 heavy (non-hydrogen) atoms. The van der Waals surface area contributed by atoms with Crippen molar-refractivity contribution in [2.24, 2.45) is 5.92 Å². The van der Waals surface area contributed by atoms with Crippen molar-refractivity contribution in [3.8, 4) is 11.5 Å². The first-order chi connectivity index (χ1) is 13.6. The Morgan fingerprint density at radius 1 is 1.18 bits per heavy atom. The molecule has 0 aliphatic carbocycles. The van der Waals surface area contributed by atoms with E-state index in [4.69, 9.17) is 9.47 Å². The summed E-state index contributed by atoms with van der Waals surface area (Å²) < 4.78 is 10.9. The molecule has 0 aliphatic heterocycles. The molecule has 0 saturated carbocycles. The zero-order chi connectivity index (χ0) is 20.1. The first-order valence-corrected chi connectivity index (χ1v) is 9.63. The highest BCUT2D eigenvalue weighted by molar-refractivity contribution is 5.95. The van der Waals surface area contributed by atoms with Crippen LogP contribution in [0, 0.1) is 5.92 Å². The number of fused-ring (bicyclic) bond motifs is 1. The number of carbonyl (C=O) groups excluding carboxylic acids is 1. The zero-order valence-corrected chi connectivity index (χ0v) is 16.8. The Bertz CT molecular complexity index is 918. The molecule has 2 atom stereocenters. The third-order valence-electron chi connectivity index (χ3n) is 4.93. The number of aromatic nitrogens is 2. The Hall–Kier alpha value is -3.02. The molecular formula is C22H27N3O3. The molecular weight excluding hydrogens is 354 g/mol. The van der Waals surface area contributed by atoms with E-state index in [0.717, 1.165) is 23.3 Å². The number of aromatic amines is 1. The van der Waals surface area contributed by atoms with Gasteiger partial charge in [0.2, 0.25) is 0 Å². The lowest BCUT2D eigenvalue weighted by molar-refractivity contribution is 0.0920. The van der Waals surface area contributed by atoms with E-state index in [2.05, 4.69) is 29.1 Å². The molecule has 148 valence electrons. The number of methoxy groups -OCH3 is 1. The molecule has 3 aromatic rings. The fourth-order valence-corrected chi connectivity index (χ4v) is 3.15. The van der Waals surface area contributed by atoms with E-state index in [1.807, 2.05) is 31.2 Å². The van der Waals surface area contributed by atoms with Gasteiger partial charge in [-0.05, 0) is 43.2 Å². The van der Waals surface area contributed by atoms with Crippen LogP contribution in [0.25, 0.3) is 11.0 Å². The largest absolute Gasteiger partial charge is 0.493 e. The van der Waals surface area contributed by atoms with E-state index in [9.17, 15) is 4.79 Å². The van der Waals surface area contributed by atoms with Crippen LogP contribution in [0.3, 0.4) is 0 Å². The number of rotatable bonds is 8. The molecule has 1 amide bonds. The van der Waals surface area contributed by atoms with Crippen molar-refractivity contribution in [2.75, 3.05) is 13.7 Å². The number of nitrogens with one attached hydrogen (secondary N) is 2. The number of amides is 1. The molecule has 2 aromatic carbocycles. The van der Waals surface area contributed by atoms with Gasteiger partial charge in [0.25, 0.3) is 5.91 Å². The molecule has 2 unspecified atom stereocenters. The maximum absolute atomic E-state index is 13.0. The van der Waals surface area contributed by atoms with Gasteiger partial charge in [0.05, 0.1) is 30.8 Å². The molecule has 0 radical (unpaired) electrons. The molecule has 0 spiro atoms. The summed E-state index contributed by atoms with van der Waals surface area (Å²) in [5.41, 5.74) is 2.37. The maximum atomic E-state index is 13.0. The zero-order valence-electron chi connectivity index (χ0n) is 16.8. The number of imidazole rings is 1. The van der Waals surface area contributed by atoms with Gasteiger partial charge in [0.15, 0.2) is 11.5 Å². The van der Waals surface area contributed by atoms with Crippen LogP contribution in [-0.4, -0.2) is 29.6 Å². The second-order valence-corrected chi connectivity index (χ2v) is 6.77. The van der Waals surface area contributed by atoms with E-state index in [0.29, 0.717) is 23.7 Å². The standard InChI is InChI=1S/C22H27N3O3/c1-5-14(3)20(21-23-16-9-7-8-10-17(16)24-21)25-22(26)15-11-12-18(27-4)19(13-15)28-6-2/h7-14,20H,5-6H2,1-4H3,(H,23,24)(H,25,26). The number of H-pyrrole nitrogens is 1. The van der Waals surface area contributed by atoms with E-state index in [1.165, 1.54) is 0 Å². The Balaban J connectivity index is 1.88. The van der Waals surface area contributed by atoms with Gasteiger partial charge in [-0.1, -0.05) is 32.4 Å². The number of hydrogen-bond donors (Lipinski definition) is 2. The van der Waals surface area contributed by atoms with Crippen molar-refractivity contribution in [1.82, 2.24) is 15.3 Å². The van der Waals surface area contributed by atoms with Crippen LogP contribution < -0.4 is 14.8 Å². The summed E-state index contributed by atoms with van der Waals surface area (Å²) in [5, 5.41) is 3.14. The predicted octanol–water partition coefficient (Wildman–Crippen LogP) is 4.49. The lowest BCUT2D eigenvalue weighted by Gasteiger charge is -2.22. The van der Waals surface area contributed by atoms with Crippen molar-refractivity contribution < 1.29 is 14.3 Å². The lowest BCUT2D eigenvalue weighted by Crippen LogP contribution is -2.33. The van der Waals surface area contributed by atoms with E-state index < -0.39 is 0 Å². The molecule has 0 saturated heterocycles. The Kier molecular flexibility index (Phi) is 6.19. The lowest BCUT2D eigenvalue weighted by atomic mass is 9.98. The molecule has 0 bridgehead atoms. The van der Waals surface area contributed by atoms with Crippen LogP contribution in [0.4, 0.5) is 0 Å². The Morgan fingerprint density at radius 3 is 2.64 bits per heavy atom. The first kappa shape index (κ1) is 19.7. The molecule has 1 heterocycles. The summed E-state index contributed by atoms with van der Waals surface area (Å²) >= 11 is 0. The van der Waals surface area contributed by atoms with Crippen molar-refractivity contribution in [1.29, 1.82) is 0 Å². The highest BCUT2D eigenvalue weighted by Crippen LogP contribution is 2.29. The number of hydrogen-bond acceptors (Lipinski definition) is 4. The van der Waals surface area contributed by atoms with Gasteiger partial charge in [0.1, 0.15) is 5.82 Å². The van der Waals surface area contributed by atoms with Gasteiger partial charge in [0, 0.05) is 5.56 Å². The first-order valence-electron chi connectivity index (χ1n) is 9.63. The third kappa shape index (κ3) is 4.11. The van der Waals surface area contributed by atoms with Crippen molar-refractivity contribution >= 4 is 16.9 Å². The topological polar surface area (TPSA) is 76.2 Å². The van der Waals surface area contributed by atoms with Gasteiger partial charge in [-0.25, -0.2) is 4.98 Å². The minimum absolute atomic E-state index is 0.172. The highest BCUT2D eigenvalue weighted by atomic mass is 16.5. The smallest absolute Gasteiger partial charge is 0.252 e. The monoisotopic (exact) mass is 381 g/mol. The van der Waals surface area contributed by atoms with Crippen molar-refractivity contribution in [3.63, 3.8) is 0 Å². The van der Waals surface area contributed by atoms with Gasteiger partial charge in [-0.2, -0.15) is 0 Å². The van der Waals surface area contributed by atoms with Crippen LogP contribution in [-0.2, 0) is 0 Å². The summed E-state index contributed by atoms with van der Waals surface area (Å²) in [4.78, 5) is 21.0. The molecule has 0 fully saturated rings. The summed E-state index contributed by atoms with van der Waals surface area (Å²) in [5.74, 6) is 1.97. The van der Waals surface area contributed by atoms with Gasteiger partial charge in [-0.3, -0.25) is 4.79 Å². The number of ether oxygens (including phenoxy) is 2. The van der Waals surface area contributed by atoms with Crippen LogP contribution >= 0.6 is 0 Å². The van der Waals surface area contributed by atoms with Gasteiger partial charge < -0.3 is 19.8 Å². The summed E-state index contributed by atoms with van der Waals surface area (Å²) in [6.07, 6.45) is 0.912. The predicted molar refractivity (Wildman–Crippen MR) is 110 cm³/mol. The fraction of sp³-hybridized carbons (Fsp3) is 0.364. The average Bonchev–Trinajstić information content (AvgIpc) is 3.15. The average molecular weight is 381 g/mol. The molecule has 1 aromatic heterocycles. The van der Waals surface area contributed by atoms with Crippen molar-refractivity contribution in [3.05, 3.63) is 53.9 Å². The normalized spacial score (nSPS) is 13.1. The van der Waals surface area contributed by atoms with Gasteiger partial charge in [-0.15, -0.1) is 0 Å². The SMILES string of the molecule is CCOc1cc(C(=O)NC(c2nc3ccccc3[nH]2)C(C)CC)ccc1OC. The number of para-hydroxylation sites is 2. The number of carbonyl (C=O) groups is 1. The number of benzene rings is 2. The van der Waals surface area contributed by atoms with Gasteiger partial charge >= 0.3 is 0 Å². The molecule has 2 N–H and O–H groups in total. The Labute approximate surface area is 165 Å². The summed E-state index contributed by atoms with van der Waals surface area (Å²) in [6, 6.07) is 12.8. The summed E-state index contributed by atoms with van der Waals surface area (Å²) in [6.45, 7) is 6.60. The second-order valence-electron chi connectivity index (χ2n) is 6.77. The summed E-state index contributed by atoms with van der Waals surface area (Å²) in [7, 11) is 1.58. The third-order valence-corrected chi connectivity index (χ3v) is 4.93. The van der Waals surface area contributed by atoms with Crippen LogP contribution in [0.15, 0.2) is 42.5 Å². The van der Waals surface area contributed by atoms with E-state index in [-0.39, 0.29) is 17.9 Å². The number of nitrogens with zero attached hydrogens (tertiary/aromatic N) is 1. The van der Waals surface area contributed by atoms with Crippen molar-refractivity contribution in [2.45, 2.75) is 33.2 Å². The highest BCUT2D eigenvalue weighted by Gasteiger charge is 2.24. The minimum atomic E-state index is -0.220. The molecule has 0 aliphatic rings. The van der Waals surface area contributed by atoms with E-state index in [1.54, 1.807) is 25.3 Å². The second kappa shape index (κ2) is 8.78. The van der Waals surface area contributed by atoms with Crippen LogP contribution in [0.2, 0.25) is 0 Å². The fourth-order valence-electron chi connectivity index (χ4n) is 3.15. The van der Waals surface area contributed by atoms with Crippen LogP contribution in [0.1, 0.15) is 49.4 Å². The molecule has 6 heteroatoms. The molecule has 6 nitrogen and oxygen atoms in total. The quantitative estimate of drug-likeness (QED) is 0.603. The Morgan fingerprint density at radius 2 is 1.96 bits per heavy atom.